The molecule has 0 saturated carbocycles. The molecular formula is C19H24N4O. The number of benzene rings is 1. The van der Waals surface area contributed by atoms with Gasteiger partial charge in [-0.1, -0.05) is 6.08 Å². The minimum absolute atomic E-state index is 0.0147. The molecule has 1 aromatic rings. The Hall–Kier alpha value is -2.61. The van der Waals surface area contributed by atoms with Crippen molar-refractivity contribution in [2.24, 2.45) is 5.10 Å². The standard InChI is InChI=1S/C19H24N4O/c1-6-23-17-9-13(2)15(12-21-22-18(24)7-8-20)10-16(17)14(3)11-19(23,4)5/h9-12H,6-7H2,1-5H3,(H,22,24)/b21-12+. The molecule has 24 heavy (non-hydrogen) atoms. The van der Waals surface area contributed by atoms with Crippen molar-refractivity contribution < 1.29 is 4.79 Å². The van der Waals surface area contributed by atoms with Crippen molar-refractivity contribution in [3.05, 3.63) is 34.9 Å². The van der Waals surface area contributed by atoms with E-state index < -0.39 is 5.91 Å². The molecule has 1 aromatic carbocycles. The molecule has 0 aromatic heterocycles. The average Bonchev–Trinajstić information content (AvgIpc) is 2.48. The number of anilines is 1. The Morgan fingerprint density at radius 3 is 2.75 bits per heavy atom. The maximum Gasteiger partial charge on any atom is 0.254 e. The van der Waals surface area contributed by atoms with Crippen LogP contribution in [0, 0.1) is 18.3 Å². The average molecular weight is 324 g/mol. The Bertz CT molecular complexity index is 753. The molecule has 5 heteroatoms. The van der Waals surface area contributed by atoms with Crippen molar-refractivity contribution in [2.45, 2.75) is 46.6 Å². The maximum absolute atomic E-state index is 11.3. The van der Waals surface area contributed by atoms with Crippen LogP contribution in [0.25, 0.3) is 5.57 Å². The van der Waals surface area contributed by atoms with E-state index in [0.29, 0.717) is 0 Å². The first-order chi connectivity index (χ1) is 11.3. The quantitative estimate of drug-likeness (QED) is 0.682. The fourth-order valence-corrected chi connectivity index (χ4v) is 3.25. The summed E-state index contributed by atoms with van der Waals surface area (Å²) in [5.41, 5.74) is 8.05. The number of carbonyl (C=O) groups excluding carboxylic acids is 1. The van der Waals surface area contributed by atoms with Gasteiger partial charge in [0, 0.05) is 17.8 Å². The summed E-state index contributed by atoms with van der Waals surface area (Å²) in [5, 5.41) is 12.4. The van der Waals surface area contributed by atoms with Gasteiger partial charge >= 0.3 is 0 Å². The normalized spacial score (nSPS) is 15.7. The van der Waals surface area contributed by atoms with Crippen LogP contribution in [0.2, 0.25) is 0 Å². The van der Waals surface area contributed by atoms with Crippen LogP contribution in [-0.4, -0.2) is 24.2 Å². The van der Waals surface area contributed by atoms with Gasteiger partial charge < -0.3 is 4.90 Å². The summed E-state index contributed by atoms with van der Waals surface area (Å²) in [7, 11) is 0. The highest BCUT2D eigenvalue weighted by Gasteiger charge is 2.30. The van der Waals surface area contributed by atoms with E-state index >= 15 is 0 Å². The largest absolute Gasteiger partial charge is 0.363 e. The monoisotopic (exact) mass is 324 g/mol. The lowest BCUT2D eigenvalue weighted by atomic mass is 9.87. The zero-order valence-electron chi connectivity index (χ0n) is 15.0. The second-order valence-electron chi connectivity index (χ2n) is 6.58. The summed E-state index contributed by atoms with van der Waals surface area (Å²) >= 11 is 0. The molecule has 1 aliphatic heterocycles. The van der Waals surface area contributed by atoms with Crippen molar-refractivity contribution in [1.29, 1.82) is 5.26 Å². The molecule has 0 bridgehead atoms. The maximum atomic E-state index is 11.3. The van der Waals surface area contributed by atoms with Gasteiger partial charge in [-0.2, -0.15) is 10.4 Å². The van der Waals surface area contributed by atoms with Crippen LogP contribution in [0.1, 0.15) is 50.8 Å². The molecular weight excluding hydrogens is 300 g/mol. The van der Waals surface area contributed by atoms with Gasteiger partial charge in [0.25, 0.3) is 5.91 Å². The van der Waals surface area contributed by atoms with Gasteiger partial charge in [-0.15, -0.1) is 0 Å². The third-order valence-corrected chi connectivity index (χ3v) is 4.31. The third-order valence-electron chi connectivity index (χ3n) is 4.31. The topological polar surface area (TPSA) is 68.5 Å². The second kappa shape index (κ2) is 6.88. The second-order valence-corrected chi connectivity index (χ2v) is 6.58. The van der Waals surface area contributed by atoms with E-state index in [1.165, 1.54) is 16.8 Å². The van der Waals surface area contributed by atoms with Crippen LogP contribution >= 0.6 is 0 Å². The summed E-state index contributed by atoms with van der Waals surface area (Å²) < 4.78 is 0. The van der Waals surface area contributed by atoms with Crippen LogP contribution in [0.3, 0.4) is 0 Å². The fourth-order valence-electron chi connectivity index (χ4n) is 3.25. The van der Waals surface area contributed by atoms with Gasteiger partial charge in [0.15, 0.2) is 0 Å². The van der Waals surface area contributed by atoms with E-state index in [4.69, 9.17) is 5.26 Å². The molecule has 0 aliphatic carbocycles. The van der Waals surface area contributed by atoms with Gasteiger partial charge in [0.2, 0.25) is 0 Å². The van der Waals surface area contributed by atoms with Crippen LogP contribution in [0.15, 0.2) is 23.3 Å². The molecule has 0 spiro atoms. The van der Waals surface area contributed by atoms with Crippen LogP contribution in [-0.2, 0) is 4.79 Å². The van der Waals surface area contributed by atoms with Crippen molar-refractivity contribution in [2.75, 3.05) is 11.4 Å². The number of hydrogen-bond acceptors (Lipinski definition) is 4. The number of carbonyl (C=O) groups is 1. The molecule has 1 heterocycles. The first kappa shape index (κ1) is 17.7. The molecule has 0 radical (unpaired) electrons. The van der Waals surface area contributed by atoms with Crippen LogP contribution in [0.4, 0.5) is 5.69 Å². The summed E-state index contributed by atoms with van der Waals surface area (Å²) in [6.07, 6.45) is 3.72. The zero-order valence-corrected chi connectivity index (χ0v) is 15.0. The van der Waals surface area contributed by atoms with E-state index in [9.17, 15) is 4.79 Å². The van der Waals surface area contributed by atoms with Crippen molar-refractivity contribution in [3.8, 4) is 6.07 Å². The molecule has 1 N–H and O–H groups in total. The number of aryl methyl sites for hydroxylation is 1. The number of nitrogens with one attached hydrogen (secondary N) is 1. The number of nitriles is 1. The van der Waals surface area contributed by atoms with Crippen molar-refractivity contribution in [1.82, 2.24) is 5.43 Å². The molecule has 2 rings (SSSR count). The highest BCUT2D eigenvalue weighted by Crippen LogP contribution is 2.39. The first-order valence-electron chi connectivity index (χ1n) is 8.11. The van der Waals surface area contributed by atoms with Gasteiger partial charge in [0.05, 0.1) is 17.8 Å². The fraction of sp³-hybridized carbons (Fsp3) is 0.421. The third kappa shape index (κ3) is 3.48. The van der Waals surface area contributed by atoms with E-state index in [1.54, 1.807) is 12.3 Å². The summed E-state index contributed by atoms with van der Waals surface area (Å²) in [6.45, 7) is 11.7. The lowest BCUT2D eigenvalue weighted by Crippen LogP contribution is -2.45. The van der Waals surface area contributed by atoms with Gasteiger partial charge in [-0.3, -0.25) is 4.79 Å². The lowest BCUT2D eigenvalue weighted by Gasteiger charge is -2.43. The number of rotatable bonds is 4. The molecule has 5 nitrogen and oxygen atoms in total. The Morgan fingerprint density at radius 2 is 2.12 bits per heavy atom. The Morgan fingerprint density at radius 1 is 1.42 bits per heavy atom. The van der Waals surface area contributed by atoms with Crippen LogP contribution < -0.4 is 10.3 Å². The molecule has 0 unspecified atom stereocenters. The number of hydrogen-bond donors (Lipinski definition) is 1. The van der Waals surface area contributed by atoms with Gasteiger partial charge in [-0.25, -0.2) is 5.43 Å². The summed E-state index contributed by atoms with van der Waals surface area (Å²) in [5.74, 6) is -0.403. The van der Waals surface area contributed by atoms with Gasteiger partial charge in [-0.05, 0) is 63.5 Å². The van der Waals surface area contributed by atoms with Crippen molar-refractivity contribution >= 4 is 23.4 Å². The predicted octanol–water partition coefficient (Wildman–Crippen LogP) is 3.38. The molecule has 0 atom stereocenters. The lowest BCUT2D eigenvalue weighted by molar-refractivity contribution is -0.120. The number of fused-ring (bicyclic) bond motifs is 1. The molecule has 126 valence electrons. The Balaban J connectivity index is 2.37. The minimum atomic E-state index is -0.403. The number of likely N-dealkylation sites (N-methyl/N-ethyl adjacent to an activating group) is 1. The molecule has 1 aliphatic rings. The highest BCUT2D eigenvalue weighted by molar-refractivity contribution is 5.90. The molecule has 0 fully saturated rings. The van der Waals surface area contributed by atoms with Crippen molar-refractivity contribution in [3.63, 3.8) is 0 Å². The van der Waals surface area contributed by atoms with E-state index in [-0.39, 0.29) is 12.0 Å². The SMILES string of the molecule is CCN1c2cc(C)c(/C=N/NC(=O)CC#N)cc2C(C)=CC1(C)C. The summed E-state index contributed by atoms with van der Waals surface area (Å²) in [6, 6.07) is 6.08. The Labute approximate surface area is 143 Å². The van der Waals surface area contributed by atoms with E-state index in [0.717, 1.165) is 17.7 Å². The summed E-state index contributed by atoms with van der Waals surface area (Å²) in [4.78, 5) is 13.7. The number of allylic oxidation sites excluding steroid dienone is 1. The number of amides is 1. The minimum Gasteiger partial charge on any atom is -0.363 e. The van der Waals surface area contributed by atoms with E-state index in [2.05, 4.69) is 61.3 Å². The smallest absolute Gasteiger partial charge is 0.254 e. The number of nitrogens with zero attached hydrogens (tertiary/aromatic N) is 3. The highest BCUT2D eigenvalue weighted by atomic mass is 16.2. The first-order valence-corrected chi connectivity index (χ1v) is 8.11. The van der Waals surface area contributed by atoms with E-state index in [1.807, 2.05) is 6.92 Å². The number of hydrazone groups is 1. The Kier molecular flexibility index (Phi) is 5.08. The van der Waals surface area contributed by atoms with Gasteiger partial charge in [0.1, 0.15) is 6.42 Å². The van der Waals surface area contributed by atoms with Crippen LogP contribution in [0.5, 0.6) is 0 Å². The predicted molar refractivity (Wildman–Crippen MR) is 97.9 cm³/mol. The zero-order chi connectivity index (χ0) is 17.9. The molecule has 0 saturated heterocycles. The molecule has 1 amide bonds.